The molecule has 4 aromatic rings. The van der Waals surface area contributed by atoms with Crippen molar-refractivity contribution in [2.75, 3.05) is 6.61 Å². The standard InChI is InChI=1S/C21H14BrClN2O3S/c1-12-14-10-19(21(27)28-11-18(26)13-6-2-3-7-15(13)22)29-20(14)25(24-12)17-9-5-4-8-16(17)23/h2-10H,11H2,1H3. The molecule has 146 valence electrons. The molecule has 5 nitrogen and oxygen atoms in total. The Kier molecular flexibility index (Phi) is 5.54. The summed E-state index contributed by atoms with van der Waals surface area (Å²) in [5, 5.41) is 5.95. The van der Waals surface area contributed by atoms with Crippen LogP contribution in [0, 0.1) is 6.92 Å². The molecule has 0 unspecified atom stereocenters. The van der Waals surface area contributed by atoms with Crippen LogP contribution in [0.2, 0.25) is 5.02 Å². The van der Waals surface area contributed by atoms with Crippen LogP contribution in [0.4, 0.5) is 0 Å². The number of carbonyl (C=O) groups excluding carboxylic acids is 2. The Hall–Kier alpha value is -2.48. The van der Waals surface area contributed by atoms with Crippen molar-refractivity contribution in [3.8, 4) is 5.69 Å². The summed E-state index contributed by atoms with van der Waals surface area (Å²) < 4.78 is 7.64. The molecule has 0 fully saturated rings. The molecule has 0 bridgehead atoms. The fourth-order valence-electron chi connectivity index (χ4n) is 2.90. The largest absolute Gasteiger partial charge is 0.453 e. The van der Waals surface area contributed by atoms with E-state index in [9.17, 15) is 9.59 Å². The molecule has 29 heavy (non-hydrogen) atoms. The third-order valence-corrected chi connectivity index (χ3v) is 6.44. The van der Waals surface area contributed by atoms with Crippen LogP contribution < -0.4 is 0 Å². The maximum absolute atomic E-state index is 12.5. The maximum atomic E-state index is 12.5. The van der Waals surface area contributed by atoms with Gasteiger partial charge in [0.1, 0.15) is 9.71 Å². The number of rotatable bonds is 5. The zero-order valence-corrected chi connectivity index (χ0v) is 18.3. The molecule has 4 rings (SSSR count). The van der Waals surface area contributed by atoms with Gasteiger partial charge in [0.15, 0.2) is 6.61 Å². The Bertz CT molecular complexity index is 1250. The number of carbonyl (C=O) groups is 2. The normalized spacial score (nSPS) is 11.0. The van der Waals surface area contributed by atoms with E-state index >= 15 is 0 Å². The average molecular weight is 490 g/mol. The van der Waals surface area contributed by atoms with Crippen molar-refractivity contribution >= 4 is 60.8 Å². The van der Waals surface area contributed by atoms with Crippen LogP contribution in [0.15, 0.2) is 59.1 Å². The number of fused-ring (bicyclic) bond motifs is 1. The van der Waals surface area contributed by atoms with Crippen LogP contribution in [0.25, 0.3) is 15.9 Å². The van der Waals surface area contributed by atoms with Crippen molar-refractivity contribution in [3.05, 3.63) is 80.2 Å². The Morgan fingerprint density at radius 2 is 1.90 bits per heavy atom. The van der Waals surface area contributed by atoms with Gasteiger partial charge in [0.05, 0.1) is 16.4 Å². The van der Waals surface area contributed by atoms with E-state index in [1.165, 1.54) is 11.3 Å². The van der Waals surface area contributed by atoms with Crippen LogP contribution in [-0.4, -0.2) is 28.1 Å². The number of esters is 1. The Balaban J connectivity index is 1.58. The molecule has 2 aromatic heterocycles. The summed E-state index contributed by atoms with van der Waals surface area (Å²) in [4.78, 5) is 26.0. The third-order valence-electron chi connectivity index (χ3n) is 4.34. The molecule has 0 aliphatic carbocycles. The van der Waals surface area contributed by atoms with E-state index in [-0.39, 0.29) is 12.4 Å². The fourth-order valence-corrected chi connectivity index (χ4v) is 4.69. The highest BCUT2D eigenvalue weighted by Gasteiger charge is 2.20. The summed E-state index contributed by atoms with van der Waals surface area (Å²) in [6.07, 6.45) is 0. The van der Waals surface area contributed by atoms with Gasteiger partial charge in [-0.15, -0.1) is 11.3 Å². The molecule has 0 radical (unpaired) electrons. The van der Waals surface area contributed by atoms with Crippen molar-refractivity contribution in [1.82, 2.24) is 9.78 Å². The van der Waals surface area contributed by atoms with Crippen molar-refractivity contribution in [2.45, 2.75) is 6.92 Å². The minimum Gasteiger partial charge on any atom is -0.453 e. The lowest BCUT2D eigenvalue weighted by atomic mass is 10.1. The van der Waals surface area contributed by atoms with Gasteiger partial charge in [-0.05, 0) is 31.2 Å². The number of halogens is 2. The number of Topliss-reactive ketones (excluding diaryl/α,β-unsaturated/α-hetero) is 1. The molecular formula is C21H14BrClN2O3S. The van der Waals surface area contributed by atoms with E-state index in [0.717, 1.165) is 21.6 Å². The molecule has 0 saturated carbocycles. The van der Waals surface area contributed by atoms with Gasteiger partial charge in [-0.1, -0.05) is 57.9 Å². The predicted molar refractivity (Wildman–Crippen MR) is 117 cm³/mol. The first-order chi connectivity index (χ1) is 14.0. The van der Waals surface area contributed by atoms with Crippen LogP contribution in [-0.2, 0) is 4.74 Å². The maximum Gasteiger partial charge on any atom is 0.348 e. The zero-order chi connectivity index (χ0) is 20.5. The van der Waals surface area contributed by atoms with Gasteiger partial charge < -0.3 is 4.74 Å². The van der Waals surface area contributed by atoms with Gasteiger partial charge in [-0.3, -0.25) is 4.79 Å². The Morgan fingerprint density at radius 3 is 2.66 bits per heavy atom. The number of nitrogens with zero attached hydrogens (tertiary/aromatic N) is 2. The number of hydrogen-bond donors (Lipinski definition) is 0. The highest BCUT2D eigenvalue weighted by molar-refractivity contribution is 9.10. The minimum atomic E-state index is -0.545. The summed E-state index contributed by atoms with van der Waals surface area (Å²) >= 11 is 10.9. The number of thiophene rings is 1. The van der Waals surface area contributed by atoms with E-state index in [2.05, 4.69) is 21.0 Å². The lowest BCUT2D eigenvalue weighted by Crippen LogP contribution is -2.14. The second kappa shape index (κ2) is 8.10. The highest BCUT2D eigenvalue weighted by Crippen LogP contribution is 2.32. The number of aryl methyl sites for hydroxylation is 1. The van der Waals surface area contributed by atoms with Crippen LogP contribution in [0.3, 0.4) is 0 Å². The van der Waals surface area contributed by atoms with Gasteiger partial charge in [0, 0.05) is 15.4 Å². The topological polar surface area (TPSA) is 61.2 Å². The molecule has 0 aliphatic rings. The van der Waals surface area contributed by atoms with Crippen molar-refractivity contribution in [3.63, 3.8) is 0 Å². The van der Waals surface area contributed by atoms with E-state index in [1.54, 1.807) is 35.0 Å². The zero-order valence-electron chi connectivity index (χ0n) is 15.2. The number of para-hydroxylation sites is 1. The van der Waals surface area contributed by atoms with Gasteiger partial charge in [-0.25, -0.2) is 9.48 Å². The van der Waals surface area contributed by atoms with Gasteiger partial charge in [0.2, 0.25) is 5.78 Å². The molecule has 2 heterocycles. The van der Waals surface area contributed by atoms with Gasteiger partial charge in [0.25, 0.3) is 0 Å². The second-order valence-electron chi connectivity index (χ2n) is 6.26. The fraction of sp³-hybridized carbons (Fsp3) is 0.0952. The SMILES string of the molecule is Cc1nn(-c2ccccc2Cl)c2sc(C(=O)OCC(=O)c3ccccc3Br)cc12. The molecule has 0 saturated heterocycles. The molecule has 0 amide bonds. The molecule has 0 N–H and O–H groups in total. The van der Waals surface area contributed by atoms with E-state index in [4.69, 9.17) is 16.3 Å². The molecule has 0 spiro atoms. The van der Waals surface area contributed by atoms with Gasteiger partial charge >= 0.3 is 5.97 Å². The number of aromatic nitrogens is 2. The summed E-state index contributed by atoms with van der Waals surface area (Å²) in [6, 6.07) is 16.1. The van der Waals surface area contributed by atoms with E-state index < -0.39 is 5.97 Å². The van der Waals surface area contributed by atoms with E-state index in [1.807, 2.05) is 31.2 Å². The predicted octanol–water partition coefficient (Wildman–Crippen LogP) is 5.85. The number of ether oxygens (including phenoxy) is 1. The molecular weight excluding hydrogens is 476 g/mol. The number of benzene rings is 2. The first kappa shape index (κ1) is 19.8. The smallest absolute Gasteiger partial charge is 0.348 e. The third kappa shape index (κ3) is 3.85. The minimum absolute atomic E-state index is 0.273. The summed E-state index contributed by atoms with van der Waals surface area (Å²) in [5.41, 5.74) is 1.99. The number of hydrogen-bond acceptors (Lipinski definition) is 5. The van der Waals surface area contributed by atoms with E-state index in [0.29, 0.717) is 19.9 Å². The van der Waals surface area contributed by atoms with Crippen molar-refractivity contribution in [1.29, 1.82) is 0 Å². The quantitative estimate of drug-likeness (QED) is 0.260. The summed E-state index contributed by atoms with van der Waals surface area (Å²) in [6.45, 7) is 1.54. The average Bonchev–Trinajstić information content (AvgIpc) is 3.27. The van der Waals surface area contributed by atoms with Gasteiger partial charge in [-0.2, -0.15) is 5.10 Å². The van der Waals surface area contributed by atoms with Crippen molar-refractivity contribution < 1.29 is 14.3 Å². The lowest BCUT2D eigenvalue weighted by Gasteiger charge is -2.05. The summed E-state index contributed by atoms with van der Waals surface area (Å²) in [7, 11) is 0. The monoisotopic (exact) mass is 488 g/mol. The Labute approximate surface area is 184 Å². The molecule has 2 aromatic carbocycles. The van der Waals surface area contributed by atoms with Crippen LogP contribution in [0.1, 0.15) is 25.7 Å². The second-order valence-corrected chi connectivity index (χ2v) is 8.55. The highest BCUT2D eigenvalue weighted by atomic mass is 79.9. The van der Waals surface area contributed by atoms with Crippen LogP contribution >= 0.6 is 38.9 Å². The molecule has 0 atom stereocenters. The van der Waals surface area contributed by atoms with Crippen molar-refractivity contribution in [2.24, 2.45) is 0 Å². The van der Waals surface area contributed by atoms with Crippen LogP contribution in [0.5, 0.6) is 0 Å². The lowest BCUT2D eigenvalue weighted by molar-refractivity contribution is 0.0479. The Morgan fingerprint density at radius 1 is 1.17 bits per heavy atom. The first-order valence-electron chi connectivity index (χ1n) is 8.64. The first-order valence-corrected chi connectivity index (χ1v) is 10.6. The molecule has 8 heteroatoms. The summed E-state index contributed by atoms with van der Waals surface area (Å²) in [5.74, 6) is -0.818. The number of ketones is 1. The molecule has 0 aliphatic heterocycles.